The zero-order chi connectivity index (χ0) is 12.9. The molecule has 0 aliphatic heterocycles. The van der Waals surface area contributed by atoms with Crippen molar-refractivity contribution in [1.82, 2.24) is 0 Å². The van der Waals surface area contributed by atoms with Crippen molar-refractivity contribution in [2.45, 2.75) is 25.6 Å². The van der Waals surface area contributed by atoms with Crippen LogP contribution in [0.4, 0.5) is 13.2 Å². The minimum atomic E-state index is -4.12. The molecule has 0 aliphatic carbocycles. The molecule has 0 aliphatic rings. The van der Waals surface area contributed by atoms with Crippen LogP contribution in [0.15, 0.2) is 22.7 Å². The van der Waals surface area contributed by atoms with E-state index in [0.717, 1.165) is 10.0 Å². The van der Waals surface area contributed by atoms with Gasteiger partial charge in [0.15, 0.2) is 0 Å². The molecular formula is C11H13BrF3NO. The first-order valence-corrected chi connectivity index (χ1v) is 5.90. The van der Waals surface area contributed by atoms with E-state index in [1.807, 2.05) is 0 Å². The molecule has 0 radical (unpaired) electrons. The monoisotopic (exact) mass is 311 g/mol. The third-order valence-electron chi connectivity index (χ3n) is 2.12. The van der Waals surface area contributed by atoms with Gasteiger partial charge >= 0.3 is 6.18 Å². The number of nitrogens with two attached hydrogens (primary N) is 1. The van der Waals surface area contributed by atoms with Crippen molar-refractivity contribution in [3.8, 4) is 5.75 Å². The molecule has 0 heterocycles. The largest absolute Gasteiger partial charge is 0.494 e. The average Bonchev–Trinajstić information content (AvgIpc) is 2.23. The second-order valence-electron chi connectivity index (χ2n) is 3.52. The normalized spacial score (nSPS) is 11.6. The Bertz CT molecular complexity index is 368. The Kier molecular flexibility index (Phi) is 5.27. The van der Waals surface area contributed by atoms with Crippen LogP contribution in [0.3, 0.4) is 0 Å². The molecule has 0 aromatic heterocycles. The van der Waals surface area contributed by atoms with Crippen LogP contribution in [0.5, 0.6) is 5.75 Å². The molecule has 0 saturated carbocycles. The summed E-state index contributed by atoms with van der Waals surface area (Å²) < 4.78 is 41.6. The predicted molar refractivity (Wildman–Crippen MR) is 62.8 cm³/mol. The predicted octanol–water partition coefficient (Wildman–Crippen LogP) is 3.63. The molecule has 17 heavy (non-hydrogen) atoms. The van der Waals surface area contributed by atoms with E-state index in [2.05, 4.69) is 15.9 Å². The van der Waals surface area contributed by atoms with Gasteiger partial charge < -0.3 is 10.5 Å². The Morgan fingerprint density at radius 3 is 2.53 bits per heavy atom. The third-order valence-corrected chi connectivity index (χ3v) is 2.86. The van der Waals surface area contributed by atoms with Gasteiger partial charge in [-0.1, -0.05) is 22.0 Å². The SMILES string of the molecule is NCc1ccc(OCCCC(F)(F)F)cc1Br. The minimum Gasteiger partial charge on any atom is -0.494 e. The van der Waals surface area contributed by atoms with E-state index in [0.29, 0.717) is 12.3 Å². The zero-order valence-corrected chi connectivity index (χ0v) is 10.6. The topological polar surface area (TPSA) is 35.2 Å². The first-order valence-electron chi connectivity index (χ1n) is 5.10. The van der Waals surface area contributed by atoms with Crippen molar-refractivity contribution in [2.24, 2.45) is 5.73 Å². The molecule has 2 N–H and O–H groups in total. The highest BCUT2D eigenvalue weighted by Crippen LogP contribution is 2.24. The Balaban J connectivity index is 2.40. The third kappa shape index (κ3) is 5.41. The molecule has 0 unspecified atom stereocenters. The lowest BCUT2D eigenvalue weighted by molar-refractivity contribution is -0.136. The van der Waals surface area contributed by atoms with E-state index in [9.17, 15) is 13.2 Å². The molecule has 96 valence electrons. The zero-order valence-electron chi connectivity index (χ0n) is 9.06. The van der Waals surface area contributed by atoms with Gasteiger partial charge in [-0.05, 0) is 24.1 Å². The fourth-order valence-electron chi connectivity index (χ4n) is 1.25. The lowest BCUT2D eigenvalue weighted by atomic mass is 10.2. The summed E-state index contributed by atoms with van der Waals surface area (Å²) in [5.74, 6) is 0.538. The highest BCUT2D eigenvalue weighted by Gasteiger charge is 2.26. The number of rotatable bonds is 5. The quantitative estimate of drug-likeness (QED) is 0.843. The smallest absolute Gasteiger partial charge is 0.389 e. The van der Waals surface area contributed by atoms with Gasteiger partial charge in [-0.25, -0.2) is 0 Å². The van der Waals surface area contributed by atoms with Crippen LogP contribution in [-0.2, 0) is 6.54 Å². The number of benzene rings is 1. The Hall–Kier alpha value is -0.750. The van der Waals surface area contributed by atoms with E-state index in [4.69, 9.17) is 10.5 Å². The Morgan fingerprint density at radius 1 is 1.29 bits per heavy atom. The molecule has 0 atom stereocenters. The summed E-state index contributed by atoms with van der Waals surface area (Å²) in [7, 11) is 0. The molecule has 0 fully saturated rings. The summed E-state index contributed by atoms with van der Waals surface area (Å²) in [5, 5.41) is 0. The van der Waals surface area contributed by atoms with Crippen molar-refractivity contribution in [1.29, 1.82) is 0 Å². The van der Waals surface area contributed by atoms with Crippen LogP contribution in [-0.4, -0.2) is 12.8 Å². The van der Waals surface area contributed by atoms with Crippen molar-refractivity contribution in [3.05, 3.63) is 28.2 Å². The summed E-state index contributed by atoms with van der Waals surface area (Å²) in [6, 6.07) is 5.18. The number of hydrogen-bond donors (Lipinski definition) is 1. The second kappa shape index (κ2) is 6.26. The van der Waals surface area contributed by atoms with Crippen LogP contribution >= 0.6 is 15.9 Å². The molecule has 1 rings (SSSR count). The van der Waals surface area contributed by atoms with Crippen LogP contribution < -0.4 is 10.5 Å². The van der Waals surface area contributed by atoms with E-state index in [1.165, 1.54) is 0 Å². The highest BCUT2D eigenvalue weighted by molar-refractivity contribution is 9.10. The maximum atomic E-state index is 11.9. The van der Waals surface area contributed by atoms with Crippen LogP contribution in [0, 0.1) is 0 Å². The number of hydrogen-bond acceptors (Lipinski definition) is 2. The van der Waals surface area contributed by atoms with Crippen molar-refractivity contribution < 1.29 is 17.9 Å². The molecule has 0 saturated heterocycles. The second-order valence-corrected chi connectivity index (χ2v) is 4.38. The molecule has 0 spiro atoms. The van der Waals surface area contributed by atoms with Crippen molar-refractivity contribution in [2.75, 3.05) is 6.61 Å². The Morgan fingerprint density at radius 2 is 2.00 bits per heavy atom. The van der Waals surface area contributed by atoms with E-state index in [1.54, 1.807) is 18.2 Å². The fraction of sp³-hybridized carbons (Fsp3) is 0.455. The van der Waals surface area contributed by atoms with Gasteiger partial charge in [0.2, 0.25) is 0 Å². The lowest BCUT2D eigenvalue weighted by Gasteiger charge is -2.09. The van der Waals surface area contributed by atoms with Gasteiger partial charge in [-0.15, -0.1) is 0 Å². The highest BCUT2D eigenvalue weighted by atomic mass is 79.9. The molecular weight excluding hydrogens is 299 g/mol. The van der Waals surface area contributed by atoms with Gasteiger partial charge in [-0.2, -0.15) is 13.2 Å². The van der Waals surface area contributed by atoms with E-state index in [-0.39, 0.29) is 13.0 Å². The summed E-state index contributed by atoms with van der Waals surface area (Å²) >= 11 is 3.31. The molecule has 2 nitrogen and oxygen atoms in total. The average molecular weight is 312 g/mol. The molecule has 1 aromatic carbocycles. The molecule has 0 bridgehead atoms. The standard InChI is InChI=1S/C11H13BrF3NO/c12-10-6-9(3-2-8(10)7-16)17-5-1-4-11(13,14)15/h2-3,6H,1,4-5,7,16H2. The summed E-state index contributed by atoms with van der Waals surface area (Å²) in [4.78, 5) is 0. The maximum absolute atomic E-state index is 11.9. The van der Waals surface area contributed by atoms with Crippen molar-refractivity contribution >= 4 is 15.9 Å². The fourth-order valence-corrected chi connectivity index (χ4v) is 1.77. The minimum absolute atomic E-state index is 0.0419. The molecule has 6 heteroatoms. The van der Waals surface area contributed by atoms with Gasteiger partial charge in [0, 0.05) is 17.4 Å². The summed E-state index contributed by atoms with van der Waals surface area (Å²) in [6.07, 6.45) is -4.98. The number of halogens is 4. The first kappa shape index (κ1) is 14.3. The van der Waals surface area contributed by atoms with E-state index < -0.39 is 12.6 Å². The van der Waals surface area contributed by atoms with Crippen LogP contribution in [0.1, 0.15) is 18.4 Å². The summed E-state index contributed by atoms with van der Waals surface area (Å²) in [5.41, 5.74) is 6.40. The van der Waals surface area contributed by atoms with Crippen LogP contribution in [0.25, 0.3) is 0 Å². The van der Waals surface area contributed by atoms with Crippen molar-refractivity contribution in [3.63, 3.8) is 0 Å². The van der Waals surface area contributed by atoms with E-state index >= 15 is 0 Å². The first-order chi connectivity index (χ1) is 7.92. The molecule has 1 aromatic rings. The van der Waals surface area contributed by atoms with Gasteiger partial charge in [0.1, 0.15) is 5.75 Å². The van der Waals surface area contributed by atoms with Gasteiger partial charge in [-0.3, -0.25) is 0 Å². The van der Waals surface area contributed by atoms with Crippen LogP contribution in [0.2, 0.25) is 0 Å². The Labute approximate surface area is 106 Å². The number of ether oxygens (including phenoxy) is 1. The lowest BCUT2D eigenvalue weighted by Crippen LogP contribution is -2.09. The summed E-state index contributed by atoms with van der Waals surface area (Å²) in [6.45, 7) is 0.447. The van der Waals surface area contributed by atoms with Gasteiger partial charge in [0.05, 0.1) is 6.61 Å². The number of alkyl halides is 3. The molecule has 0 amide bonds. The maximum Gasteiger partial charge on any atom is 0.389 e. The van der Waals surface area contributed by atoms with Gasteiger partial charge in [0.25, 0.3) is 0 Å².